The molecule has 0 bridgehead atoms. The first-order valence-corrected chi connectivity index (χ1v) is 8.13. The molecule has 1 aliphatic rings. The second-order valence-corrected chi connectivity index (χ2v) is 5.90. The fourth-order valence-electron chi connectivity index (χ4n) is 2.34. The van der Waals surface area contributed by atoms with E-state index in [0.717, 1.165) is 41.0 Å². The molecule has 4 nitrogen and oxygen atoms in total. The molecule has 2 heterocycles. The van der Waals surface area contributed by atoms with Crippen molar-refractivity contribution in [2.45, 2.75) is 58.7 Å². The summed E-state index contributed by atoms with van der Waals surface area (Å²) in [6.07, 6.45) is 3.46. The molecule has 20 heavy (non-hydrogen) atoms. The summed E-state index contributed by atoms with van der Waals surface area (Å²) in [6, 6.07) is 3.76. The van der Waals surface area contributed by atoms with Crippen molar-refractivity contribution < 1.29 is 9.84 Å². The summed E-state index contributed by atoms with van der Waals surface area (Å²) in [4.78, 5) is 9.71. The quantitative estimate of drug-likeness (QED) is 0.917. The van der Waals surface area contributed by atoms with Gasteiger partial charge in [0.1, 0.15) is 16.5 Å². The summed E-state index contributed by atoms with van der Waals surface area (Å²) in [6.45, 7) is 5.97. The highest BCUT2D eigenvalue weighted by atomic mass is 32.1. The van der Waals surface area contributed by atoms with Crippen LogP contribution in [0.25, 0.3) is 10.3 Å². The van der Waals surface area contributed by atoms with Crippen LogP contribution in [0.2, 0.25) is 0 Å². The highest BCUT2D eigenvalue weighted by Crippen LogP contribution is 2.26. The third-order valence-electron chi connectivity index (χ3n) is 3.28. The van der Waals surface area contributed by atoms with E-state index in [0.29, 0.717) is 5.88 Å². The van der Waals surface area contributed by atoms with Gasteiger partial charge in [0.05, 0.1) is 11.1 Å². The van der Waals surface area contributed by atoms with Gasteiger partial charge in [-0.15, -0.1) is 0 Å². The lowest BCUT2D eigenvalue weighted by Crippen LogP contribution is -2.34. The smallest absolute Gasteiger partial charge is 0.215 e. The number of thiazole rings is 1. The molecule has 110 valence electrons. The van der Waals surface area contributed by atoms with Crippen molar-refractivity contribution in [1.29, 1.82) is 0 Å². The summed E-state index contributed by atoms with van der Waals surface area (Å²) in [5.74, 6) is 0.595. The van der Waals surface area contributed by atoms with Crippen molar-refractivity contribution in [1.82, 2.24) is 9.97 Å². The molecule has 2 atom stereocenters. The van der Waals surface area contributed by atoms with Gasteiger partial charge in [-0.3, -0.25) is 0 Å². The Labute approximate surface area is 123 Å². The van der Waals surface area contributed by atoms with Crippen LogP contribution in [0.15, 0.2) is 12.1 Å². The highest BCUT2D eigenvalue weighted by Gasteiger charge is 2.25. The van der Waals surface area contributed by atoms with Gasteiger partial charge in [0, 0.05) is 6.07 Å². The van der Waals surface area contributed by atoms with Crippen LogP contribution >= 0.6 is 11.3 Å². The van der Waals surface area contributed by atoms with Crippen molar-refractivity contribution in [3.63, 3.8) is 0 Å². The molecule has 0 aliphatic heterocycles. The van der Waals surface area contributed by atoms with E-state index in [1.165, 1.54) is 0 Å². The molecule has 5 heteroatoms. The molecule has 3 rings (SSSR count). The Morgan fingerprint density at radius 1 is 1.20 bits per heavy atom. The van der Waals surface area contributed by atoms with E-state index in [-0.39, 0.29) is 12.2 Å². The number of hydrogen-bond acceptors (Lipinski definition) is 5. The number of rotatable bonds is 2. The first kappa shape index (κ1) is 15.2. The van der Waals surface area contributed by atoms with E-state index < -0.39 is 0 Å². The van der Waals surface area contributed by atoms with E-state index in [1.807, 2.05) is 32.9 Å². The third kappa shape index (κ3) is 3.46. The normalized spacial score (nSPS) is 22.2. The van der Waals surface area contributed by atoms with Gasteiger partial charge in [-0.25, -0.2) is 9.97 Å². The average molecular weight is 294 g/mol. The summed E-state index contributed by atoms with van der Waals surface area (Å²) >= 11 is 1.56. The maximum atomic E-state index is 9.89. The molecule has 0 radical (unpaired) electrons. The first-order chi connectivity index (χ1) is 9.72. The predicted molar refractivity (Wildman–Crippen MR) is 82.4 cm³/mol. The molecule has 2 aromatic heterocycles. The van der Waals surface area contributed by atoms with Gasteiger partial charge >= 0.3 is 0 Å². The largest absolute Gasteiger partial charge is 0.472 e. The number of pyridine rings is 1. The Kier molecular flexibility index (Phi) is 5.31. The lowest BCUT2D eigenvalue weighted by molar-refractivity contribution is 0.00470. The second kappa shape index (κ2) is 6.99. The van der Waals surface area contributed by atoms with Crippen LogP contribution in [0.5, 0.6) is 5.88 Å². The van der Waals surface area contributed by atoms with Crippen LogP contribution in [0, 0.1) is 6.92 Å². The minimum absolute atomic E-state index is 0.113. The van der Waals surface area contributed by atoms with E-state index in [2.05, 4.69) is 9.97 Å². The van der Waals surface area contributed by atoms with Gasteiger partial charge in [-0.05, 0) is 32.3 Å². The molecule has 0 amide bonds. The van der Waals surface area contributed by atoms with Gasteiger partial charge in [0.25, 0.3) is 0 Å². The van der Waals surface area contributed by atoms with Gasteiger partial charge in [0.2, 0.25) is 5.88 Å². The van der Waals surface area contributed by atoms with Crippen LogP contribution in [0.1, 0.15) is 44.5 Å². The predicted octanol–water partition coefficient (Wildman–Crippen LogP) is 3.71. The average Bonchev–Trinajstić information content (AvgIpc) is 2.83. The van der Waals surface area contributed by atoms with Crippen LogP contribution in [-0.2, 0) is 0 Å². The number of aliphatic hydroxyl groups is 1. The van der Waals surface area contributed by atoms with Crippen molar-refractivity contribution in [2.75, 3.05) is 0 Å². The summed E-state index contributed by atoms with van der Waals surface area (Å²) in [5.41, 5.74) is 0.911. The van der Waals surface area contributed by atoms with Crippen LogP contribution in [0.4, 0.5) is 0 Å². The summed E-state index contributed by atoms with van der Waals surface area (Å²) in [5, 5.41) is 10.9. The maximum Gasteiger partial charge on any atom is 0.215 e. The Bertz CT molecular complexity index is 556. The minimum Gasteiger partial charge on any atom is -0.472 e. The van der Waals surface area contributed by atoms with Crippen molar-refractivity contribution >= 4 is 21.7 Å². The Hall–Kier alpha value is -1.20. The van der Waals surface area contributed by atoms with Crippen LogP contribution in [0.3, 0.4) is 0 Å². The molecular weight excluding hydrogens is 272 g/mol. The SMILES string of the molecule is CC.Cc1nc2ccc(OC3CCCCC3O)nc2s1. The van der Waals surface area contributed by atoms with E-state index in [9.17, 15) is 5.11 Å². The highest BCUT2D eigenvalue weighted by molar-refractivity contribution is 7.18. The number of aromatic nitrogens is 2. The lowest BCUT2D eigenvalue weighted by Gasteiger charge is -2.27. The molecule has 1 saturated carbocycles. The Morgan fingerprint density at radius 2 is 1.95 bits per heavy atom. The van der Waals surface area contributed by atoms with Crippen LogP contribution in [-0.4, -0.2) is 27.3 Å². The van der Waals surface area contributed by atoms with E-state index in [4.69, 9.17) is 4.74 Å². The van der Waals surface area contributed by atoms with Crippen LogP contribution < -0.4 is 4.74 Å². The van der Waals surface area contributed by atoms with E-state index >= 15 is 0 Å². The zero-order chi connectivity index (χ0) is 14.5. The fraction of sp³-hybridized carbons (Fsp3) is 0.600. The van der Waals surface area contributed by atoms with Crippen molar-refractivity contribution in [2.24, 2.45) is 0 Å². The number of aryl methyl sites for hydroxylation is 1. The zero-order valence-corrected chi connectivity index (χ0v) is 13.1. The molecule has 0 spiro atoms. The lowest BCUT2D eigenvalue weighted by atomic mass is 9.95. The molecule has 2 unspecified atom stereocenters. The van der Waals surface area contributed by atoms with Crippen molar-refractivity contribution in [3.8, 4) is 5.88 Å². The summed E-state index contributed by atoms with van der Waals surface area (Å²) < 4.78 is 5.80. The number of hydrogen-bond donors (Lipinski definition) is 1. The zero-order valence-electron chi connectivity index (χ0n) is 12.3. The maximum absolute atomic E-state index is 9.89. The third-order valence-corrected chi connectivity index (χ3v) is 4.16. The number of ether oxygens (including phenoxy) is 1. The monoisotopic (exact) mass is 294 g/mol. The van der Waals surface area contributed by atoms with Gasteiger partial charge in [0.15, 0.2) is 0 Å². The first-order valence-electron chi connectivity index (χ1n) is 7.31. The fourth-order valence-corrected chi connectivity index (χ4v) is 3.12. The molecule has 2 aromatic rings. The molecule has 1 fully saturated rings. The molecule has 1 N–H and O–H groups in total. The minimum atomic E-state index is -0.362. The topological polar surface area (TPSA) is 55.2 Å². The Morgan fingerprint density at radius 3 is 2.70 bits per heavy atom. The Balaban J connectivity index is 0.000000704. The number of fused-ring (bicyclic) bond motifs is 1. The molecule has 0 aromatic carbocycles. The molecular formula is C15H22N2O2S. The van der Waals surface area contributed by atoms with Gasteiger partial charge < -0.3 is 9.84 Å². The number of aliphatic hydroxyl groups excluding tert-OH is 1. The summed E-state index contributed by atoms with van der Waals surface area (Å²) in [7, 11) is 0. The molecule has 0 saturated heterocycles. The van der Waals surface area contributed by atoms with Crippen molar-refractivity contribution in [3.05, 3.63) is 17.1 Å². The second-order valence-electron chi connectivity index (χ2n) is 4.71. The van der Waals surface area contributed by atoms with E-state index in [1.54, 1.807) is 11.3 Å². The van der Waals surface area contributed by atoms with Gasteiger partial charge in [-0.1, -0.05) is 31.6 Å². The van der Waals surface area contributed by atoms with Gasteiger partial charge in [-0.2, -0.15) is 0 Å². The molecule has 1 aliphatic carbocycles. The number of nitrogens with zero attached hydrogens (tertiary/aromatic N) is 2. The standard InChI is InChI=1S/C13H16N2O2S.C2H6/c1-8-14-9-6-7-12(15-13(9)18-8)17-11-5-3-2-4-10(11)16;1-2/h6-7,10-11,16H,2-5H2,1H3;1-2H3.